The molecule has 0 saturated heterocycles. The number of benzene rings is 1. The summed E-state index contributed by atoms with van der Waals surface area (Å²) in [5, 5.41) is 25.8. The molecule has 1 heterocycles. The molecule has 0 aliphatic heterocycles. The molecule has 0 bridgehead atoms. The van der Waals surface area contributed by atoms with Gasteiger partial charge in [0.25, 0.3) is 0 Å². The molecule has 0 fully saturated rings. The van der Waals surface area contributed by atoms with Crippen molar-refractivity contribution in [1.29, 1.82) is 0 Å². The zero-order chi connectivity index (χ0) is 26.7. The number of amides is 3. The van der Waals surface area contributed by atoms with Crippen molar-refractivity contribution < 1.29 is 34.2 Å². The Hall–Kier alpha value is -3.91. The van der Waals surface area contributed by atoms with Crippen molar-refractivity contribution in [3.8, 4) is 0 Å². The summed E-state index contributed by atoms with van der Waals surface area (Å²) in [6, 6.07) is 3.44. The van der Waals surface area contributed by atoms with Crippen LogP contribution in [0.15, 0.2) is 42.9 Å². The first kappa shape index (κ1) is 28.3. The number of carboxylic acids is 2. The molecule has 0 saturated carbocycles. The molecule has 194 valence electrons. The van der Waals surface area contributed by atoms with Gasteiger partial charge in [0.05, 0.1) is 18.8 Å². The fourth-order valence-electron chi connectivity index (χ4n) is 3.17. The van der Waals surface area contributed by atoms with E-state index in [1.807, 2.05) is 0 Å². The Kier molecular flexibility index (Phi) is 10.9. The first-order chi connectivity index (χ1) is 17.1. The van der Waals surface area contributed by atoms with E-state index in [1.165, 1.54) is 12.5 Å². The molecular formula is C22H28N6O7S. The maximum atomic E-state index is 13.1. The summed E-state index contributed by atoms with van der Waals surface area (Å²) in [6.07, 6.45) is 1.77. The third-order valence-corrected chi connectivity index (χ3v) is 5.45. The largest absolute Gasteiger partial charge is 0.481 e. The Bertz CT molecular complexity index is 1050. The summed E-state index contributed by atoms with van der Waals surface area (Å²) in [7, 11) is 0. The number of carboxylic acid groups (broad SMARTS) is 2. The quantitative estimate of drug-likeness (QED) is 0.135. The summed E-state index contributed by atoms with van der Waals surface area (Å²) in [6.45, 7) is 0. The van der Waals surface area contributed by atoms with Gasteiger partial charge in [-0.15, -0.1) is 0 Å². The van der Waals surface area contributed by atoms with Crippen LogP contribution in [-0.2, 0) is 36.8 Å². The second-order valence-corrected chi connectivity index (χ2v) is 8.24. The molecule has 0 spiro atoms. The van der Waals surface area contributed by atoms with Gasteiger partial charge in [-0.3, -0.25) is 19.2 Å². The highest BCUT2D eigenvalue weighted by Crippen LogP contribution is 2.06. The van der Waals surface area contributed by atoms with E-state index < -0.39 is 60.2 Å². The monoisotopic (exact) mass is 520 g/mol. The predicted molar refractivity (Wildman–Crippen MR) is 130 cm³/mol. The van der Waals surface area contributed by atoms with Crippen molar-refractivity contribution in [3.05, 3.63) is 54.1 Å². The smallest absolute Gasteiger partial charge is 0.326 e. The number of nitrogens with zero attached hydrogens (tertiary/aromatic N) is 1. The van der Waals surface area contributed by atoms with Gasteiger partial charge in [-0.25, -0.2) is 9.78 Å². The SMILES string of the molecule is NC(CS)C(=O)NC(Cc1ccccc1)C(=O)NC(CC(=O)O)C(=O)NC(Cc1cnc[nH]1)C(=O)O. The number of nitrogens with one attached hydrogen (secondary N) is 4. The van der Waals surface area contributed by atoms with Crippen molar-refractivity contribution >= 4 is 42.3 Å². The molecule has 0 aliphatic rings. The standard InChI is InChI=1S/C22H28N6O7S/c23-14(10-36)19(31)26-15(6-12-4-2-1-3-5-12)20(32)27-16(8-18(29)30)21(33)28-17(22(34)35)7-13-9-24-11-25-13/h1-5,9,11,14-17,36H,6-8,10,23H2,(H,24,25)(H,26,31)(H,27,32)(H,28,33)(H,29,30)(H,34,35). The van der Waals surface area contributed by atoms with Gasteiger partial charge in [-0.05, 0) is 5.56 Å². The van der Waals surface area contributed by atoms with Crippen molar-refractivity contribution in [2.75, 3.05) is 5.75 Å². The van der Waals surface area contributed by atoms with E-state index in [9.17, 15) is 34.2 Å². The van der Waals surface area contributed by atoms with E-state index in [4.69, 9.17) is 5.73 Å². The molecule has 1 aromatic heterocycles. The van der Waals surface area contributed by atoms with Crippen LogP contribution >= 0.6 is 12.6 Å². The van der Waals surface area contributed by atoms with Crippen LogP contribution in [0.1, 0.15) is 17.7 Å². The summed E-state index contributed by atoms with van der Waals surface area (Å²) < 4.78 is 0. The molecule has 4 unspecified atom stereocenters. The minimum absolute atomic E-state index is 0.0163. The van der Waals surface area contributed by atoms with Crippen LogP contribution in [0.25, 0.3) is 0 Å². The molecule has 3 amide bonds. The minimum Gasteiger partial charge on any atom is -0.481 e. The number of hydrogen-bond acceptors (Lipinski definition) is 8. The van der Waals surface area contributed by atoms with Gasteiger partial charge in [0, 0.05) is 30.5 Å². The third kappa shape index (κ3) is 9.03. The number of aromatic amines is 1. The average molecular weight is 521 g/mol. The lowest BCUT2D eigenvalue weighted by Crippen LogP contribution is -2.58. The lowest BCUT2D eigenvalue weighted by Gasteiger charge is -2.24. The Balaban J connectivity index is 2.19. The van der Waals surface area contributed by atoms with Crippen molar-refractivity contribution in [2.45, 2.75) is 43.4 Å². The van der Waals surface area contributed by atoms with Crippen LogP contribution in [0.2, 0.25) is 0 Å². The normalized spacial score (nSPS) is 14.1. The van der Waals surface area contributed by atoms with Gasteiger partial charge in [-0.2, -0.15) is 12.6 Å². The predicted octanol–water partition coefficient (Wildman–Crippen LogP) is -1.53. The van der Waals surface area contributed by atoms with Crippen molar-refractivity contribution in [2.24, 2.45) is 5.73 Å². The van der Waals surface area contributed by atoms with Gasteiger partial charge < -0.3 is 36.9 Å². The number of H-pyrrole nitrogens is 1. The molecule has 0 radical (unpaired) electrons. The Morgan fingerprint density at radius 1 is 0.917 bits per heavy atom. The topological polar surface area (TPSA) is 217 Å². The van der Waals surface area contributed by atoms with Crippen LogP contribution in [0.4, 0.5) is 0 Å². The molecule has 0 aliphatic carbocycles. The van der Waals surface area contributed by atoms with Crippen molar-refractivity contribution in [1.82, 2.24) is 25.9 Å². The lowest BCUT2D eigenvalue weighted by atomic mass is 10.0. The van der Waals surface area contributed by atoms with E-state index in [0.29, 0.717) is 11.3 Å². The number of aromatic nitrogens is 2. The van der Waals surface area contributed by atoms with E-state index in [-0.39, 0.29) is 18.6 Å². The number of carbonyl (C=O) groups excluding carboxylic acids is 3. The summed E-state index contributed by atoms with van der Waals surface area (Å²) in [5.74, 6) is -5.28. The molecular weight excluding hydrogens is 492 g/mol. The average Bonchev–Trinajstić information content (AvgIpc) is 3.35. The number of hydrogen-bond donors (Lipinski definition) is 8. The van der Waals surface area contributed by atoms with Crippen LogP contribution in [0.3, 0.4) is 0 Å². The number of rotatable bonds is 14. The van der Waals surface area contributed by atoms with Gasteiger partial charge in [0.1, 0.15) is 18.1 Å². The fourth-order valence-corrected chi connectivity index (χ4v) is 3.33. The first-order valence-corrected chi connectivity index (χ1v) is 11.5. The number of imidazole rings is 1. The Morgan fingerprint density at radius 3 is 2.08 bits per heavy atom. The summed E-state index contributed by atoms with van der Waals surface area (Å²) in [4.78, 5) is 67.7. The molecule has 36 heavy (non-hydrogen) atoms. The lowest BCUT2D eigenvalue weighted by molar-refractivity contribution is -0.143. The van der Waals surface area contributed by atoms with Gasteiger partial charge >= 0.3 is 11.9 Å². The molecule has 4 atom stereocenters. The van der Waals surface area contributed by atoms with Crippen LogP contribution in [-0.4, -0.2) is 79.8 Å². The van der Waals surface area contributed by atoms with Crippen molar-refractivity contribution in [3.63, 3.8) is 0 Å². The van der Waals surface area contributed by atoms with Crippen LogP contribution < -0.4 is 21.7 Å². The maximum Gasteiger partial charge on any atom is 0.326 e. The van der Waals surface area contributed by atoms with Gasteiger partial charge in [0.15, 0.2) is 0 Å². The minimum atomic E-state index is -1.62. The number of carbonyl (C=O) groups is 5. The molecule has 8 N–H and O–H groups in total. The summed E-state index contributed by atoms with van der Waals surface area (Å²) in [5.41, 5.74) is 6.79. The number of thiol groups is 1. The van der Waals surface area contributed by atoms with Gasteiger partial charge in [-0.1, -0.05) is 30.3 Å². The Labute approximate surface area is 211 Å². The van der Waals surface area contributed by atoms with Gasteiger partial charge in [0.2, 0.25) is 17.7 Å². The summed E-state index contributed by atoms with van der Waals surface area (Å²) >= 11 is 3.97. The maximum absolute atomic E-state index is 13.1. The second kappa shape index (κ2) is 13.8. The fraction of sp³-hybridized carbons (Fsp3) is 0.364. The highest BCUT2D eigenvalue weighted by molar-refractivity contribution is 7.80. The van der Waals surface area contributed by atoms with E-state index >= 15 is 0 Å². The molecule has 2 rings (SSSR count). The highest BCUT2D eigenvalue weighted by atomic mass is 32.1. The van der Waals surface area contributed by atoms with Crippen LogP contribution in [0, 0.1) is 0 Å². The van der Waals surface area contributed by atoms with E-state index in [0.717, 1.165) is 0 Å². The molecule has 1 aromatic carbocycles. The Morgan fingerprint density at radius 2 is 1.53 bits per heavy atom. The second-order valence-electron chi connectivity index (χ2n) is 7.88. The van der Waals surface area contributed by atoms with E-state index in [2.05, 4.69) is 38.5 Å². The number of aliphatic carboxylic acids is 2. The zero-order valence-corrected chi connectivity index (χ0v) is 20.0. The molecule has 13 nitrogen and oxygen atoms in total. The molecule has 2 aromatic rings. The van der Waals surface area contributed by atoms with E-state index in [1.54, 1.807) is 30.3 Å². The first-order valence-electron chi connectivity index (χ1n) is 10.8. The van der Waals surface area contributed by atoms with Crippen LogP contribution in [0.5, 0.6) is 0 Å². The third-order valence-electron chi connectivity index (χ3n) is 5.05. The highest BCUT2D eigenvalue weighted by Gasteiger charge is 2.32. The molecule has 14 heteroatoms. The number of nitrogens with two attached hydrogens (primary N) is 1. The zero-order valence-electron chi connectivity index (χ0n) is 19.1.